The second-order valence-electron chi connectivity index (χ2n) is 6.07. The molecule has 4 nitrogen and oxygen atoms in total. The summed E-state index contributed by atoms with van der Waals surface area (Å²) in [5.41, 5.74) is 3.92. The zero-order valence-corrected chi connectivity index (χ0v) is 15.7. The van der Waals surface area contributed by atoms with Gasteiger partial charge in [-0.3, -0.25) is 4.57 Å². The third-order valence-electron chi connectivity index (χ3n) is 4.30. The molecular weight excluding hydrogens is 369 g/mol. The number of hydrogen-bond donors (Lipinski definition) is 0. The minimum Gasteiger partial charge on any atom is -0.380 e. The van der Waals surface area contributed by atoms with Gasteiger partial charge in [-0.2, -0.15) is 0 Å². The maximum absolute atomic E-state index is 6.64. The first kappa shape index (κ1) is 17.2. The topological polar surface area (TPSA) is 30.3 Å². The summed E-state index contributed by atoms with van der Waals surface area (Å²) in [5.74, 6) is 0.837. The Hall–Kier alpha value is -2.27. The Morgan fingerprint density at radius 1 is 1.12 bits per heavy atom. The molecule has 0 fully saturated rings. The highest BCUT2D eigenvalue weighted by Gasteiger charge is 2.20. The number of hydrogen-bond acceptors (Lipinski definition) is 3. The molecule has 0 amide bonds. The van der Waals surface area contributed by atoms with Gasteiger partial charge in [-0.15, -0.1) is 0 Å². The van der Waals surface area contributed by atoms with Gasteiger partial charge in [0.25, 0.3) is 0 Å². The molecule has 26 heavy (non-hydrogen) atoms. The van der Waals surface area contributed by atoms with Crippen LogP contribution in [0.1, 0.15) is 11.4 Å². The number of fused-ring (bicyclic) bond motifs is 1. The summed E-state index contributed by atoms with van der Waals surface area (Å²) in [6.45, 7) is 1.19. The van der Waals surface area contributed by atoms with E-state index in [0.717, 1.165) is 28.3 Å². The SMILES string of the molecule is COCc1cccc(N2C=Cc3nc(-c4ccc(Cl)cc4)c(Cl)n3C2)c1. The summed E-state index contributed by atoms with van der Waals surface area (Å²) in [6, 6.07) is 15.8. The highest BCUT2D eigenvalue weighted by molar-refractivity contribution is 6.32. The number of halogens is 2. The van der Waals surface area contributed by atoms with E-state index >= 15 is 0 Å². The number of nitrogens with zero attached hydrogens (tertiary/aromatic N) is 3. The van der Waals surface area contributed by atoms with E-state index in [4.69, 9.17) is 27.9 Å². The molecule has 6 heteroatoms. The molecule has 0 unspecified atom stereocenters. The maximum atomic E-state index is 6.64. The van der Waals surface area contributed by atoms with Crippen LogP contribution in [-0.2, 0) is 18.0 Å². The molecule has 4 rings (SSSR count). The fourth-order valence-electron chi connectivity index (χ4n) is 3.02. The monoisotopic (exact) mass is 385 g/mol. The van der Waals surface area contributed by atoms with Crippen molar-refractivity contribution < 1.29 is 4.74 Å². The second-order valence-corrected chi connectivity index (χ2v) is 6.87. The average molecular weight is 386 g/mol. The van der Waals surface area contributed by atoms with E-state index in [1.807, 2.05) is 47.2 Å². The van der Waals surface area contributed by atoms with Crippen molar-refractivity contribution in [3.05, 3.63) is 76.3 Å². The normalized spacial score (nSPS) is 13.1. The number of benzene rings is 2. The van der Waals surface area contributed by atoms with Crippen molar-refractivity contribution in [2.45, 2.75) is 13.3 Å². The molecule has 0 bridgehead atoms. The minimum absolute atomic E-state index is 0.586. The standard InChI is InChI=1S/C20H17Cl2N3O/c1-26-12-14-3-2-4-17(11-14)24-10-9-18-23-19(20(22)25(18)13-24)15-5-7-16(21)8-6-15/h2-11H,12-13H2,1H3. The van der Waals surface area contributed by atoms with Crippen molar-refractivity contribution in [3.8, 4) is 11.3 Å². The number of methoxy groups -OCH3 is 1. The van der Waals surface area contributed by atoms with Crippen molar-refractivity contribution >= 4 is 35.0 Å². The van der Waals surface area contributed by atoms with Crippen molar-refractivity contribution in [2.75, 3.05) is 12.0 Å². The summed E-state index contributed by atoms with van der Waals surface area (Å²) in [6.07, 6.45) is 3.99. The highest BCUT2D eigenvalue weighted by atomic mass is 35.5. The lowest BCUT2D eigenvalue weighted by Gasteiger charge is -2.26. The molecule has 1 aliphatic heterocycles. The number of rotatable bonds is 4. The highest BCUT2D eigenvalue weighted by Crippen LogP contribution is 2.32. The lowest BCUT2D eigenvalue weighted by Crippen LogP contribution is -2.24. The fraction of sp³-hybridized carbons (Fsp3) is 0.150. The van der Waals surface area contributed by atoms with Crippen LogP contribution in [0.15, 0.2) is 54.7 Å². The Kier molecular flexibility index (Phi) is 4.72. The zero-order chi connectivity index (χ0) is 18.1. The van der Waals surface area contributed by atoms with Crippen molar-refractivity contribution in [2.24, 2.45) is 0 Å². The molecule has 2 aromatic carbocycles. The Balaban J connectivity index is 1.65. The van der Waals surface area contributed by atoms with Crippen molar-refractivity contribution in [1.82, 2.24) is 9.55 Å². The van der Waals surface area contributed by atoms with E-state index in [1.165, 1.54) is 0 Å². The largest absolute Gasteiger partial charge is 0.380 e. The smallest absolute Gasteiger partial charge is 0.138 e. The first-order valence-corrected chi connectivity index (χ1v) is 8.96. The molecule has 2 heterocycles. The van der Waals surface area contributed by atoms with Crippen LogP contribution < -0.4 is 4.90 Å². The van der Waals surface area contributed by atoms with Gasteiger partial charge in [-0.05, 0) is 35.9 Å². The third kappa shape index (κ3) is 3.23. The Morgan fingerprint density at radius 2 is 1.92 bits per heavy atom. The lowest BCUT2D eigenvalue weighted by atomic mass is 10.2. The summed E-state index contributed by atoms with van der Waals surface area (Å²) in [4.78, 5) is 6.81. The van der Waals surface area contributed by atoms with Crippen LogP contribution in [0.5, 0.6) is 0 Å². The van der Waals surface area contributed by atoms with E-state index in [0.29, 0.717) is 23.5 Å². The van der Waals surface area contributed by atoms with Gasteiger partial charge in [0.15, 0.2) is 0 Å². The van der Waals surface area contributed by atoms with Gasteiger partial charge < -0.3 is 9.64 Å². The molecule has 0 saturated heterocycles. The number of aromatic nitrogens is 2. The maximum Gasteiger partial charge on any atom is 0.138 e. The molecule has 0 saturated carbocycles. The van der Waals surface area contributed by atoms with Gasteiger partial charge in [-0.25, -0.2) is 4.98 Å². The van der Waals surface area contributed by atoms with Crippen molar-refractivity contribution in [1.29, 1.82) is 0 Å². The zero-order valence-electron chi connectivity index (χ0n) is 14.2. The van der Waals surface area contributed by atoms with Crippen LogP contribution in [-0.4, -0.2) is 16.7 Å². The predicted molar refractivity (Wildman–Crippen MR) is 106 cm³/mol. The molecule has 132 valence electrons. The van der Waals surface area contributed by atoms with E-state index in [-0.39, 0.29) is 0 Å². The van der Waals surface area contributed by atoms with E-state index in [1.54, 1.807) is 7.11 Å². The summed E-state index contributed by atoms with van der Waals surface area (Å²) in [7, 11) is 1.70. The van der Waals surface area contributed by atoms with Crippen molar-refractivity contribution in [3.63, 3.8) is 0 Å². The third-order valence-corrected chi connectivity index (χ3v) is 4.94. The first-order valence-electron chi connectivity index (χ1n) is 8.20. The van der Waals surface area contributed by atoms with Gasteiger partial charge in [0, 0.05) is 29.6 Å². The number of anilines is 1. The number of ether oxygens (including phenoxy) is 1. The van der Waals surface area contributed by atoms with Crippen LogP contribution in [0, 0.1) is 0 Å². The van der Waals surface area contributed by atoms with Gasteiger partial charge in [-0.1, -0.05) is 47.5 Å². The average Bonchev–Trinajstić information content (AvgIpc) is 2.99. The van der Waals surface area contributed by atoms with Crippen LogP contribution in [0.3, 0.4) is 0 Å². The van der Waals surface area contributed by atoms with Crippen LogP contribution in [0.4, 0.5) is 5.69 Å². The first-order chi connectivity index (χ1) is 12.7. The van der Waals surface area contributed by atoms with E-state index in [9.17, 15) is 0 Å². The molecule has 0 atom stereocenters. The fourth-order valence-corrected chi connectivity index (χ4v) is 3.44. The Morgan fingerprint density at radius 3 is 2.69 bits per heavy atom. The quantitative estimate of drug-likeness (QED) is 0.597. The van der Waals surface area contributed by atoms with Gasteiger partial charge in [0.2, 0.25) is 0 Å². The van der Waals surface area contributed by atoms with Gasteiger partial charge in [0.1, 0.15) is 23.3 Å². The molecule has 1 aromatic heterocycles. The summed E-state index contributed by atoms with van der Waals surface area (Å²) < 4.78 is 7.22. The summed E-state index contributed by atoms with van der Waals surface area (Å²) >= 11 is 12.6. The minimum atomic E-state index is 0.586. The molecule has 0 N–H and O–H groups in total. The number of imidazole rings is 1. The summed E-state index contributed by atoms with van der Waals surface area (Å²) in [5, 5.41) is 1.31. The van der Waals surface area contributed by atoms with Crippen LogP contribution in [0.25, 0.3) is 17.3 Å². The van der Waals surface area contributed by atoms with E-state index in [2.05, 4.69) is 28.1 Å². The lowest BCUT2D eigenvalue weighted by molar-refractivity contribution is 0.185. The molecule has 0 radical (unpaired) electrons. The molecular formula is C20H17Cl2N3O. The Bertz CT molecular complexity index is 964. The van der Waals surface area contributed by atoms with E-state index < -0.39 is 0 Å². The molecule has 1 aliphatic rings. The van der Waals surface area contributed by atoms with Gasteiger partial charge >= 0.3 is 0 Å². The second kappa shape index (κ2) is 7.16. The van der Waals surface area contributed by atoms with Crippen LogP contribution in [0.2, 0.25) is 10.2 Å². The predicted octanol–water partition coefficient (Wildman–Crippen LogP) is 5.45. The Labute approximate surface area is 162 Å². The van der Waals surface area contributed by atoms with Gasteiger partial charge in [0.05, 0.1) is 6.61 Å². The molecule has 3 aromatic rings. The van der Waals surface area contributed by atoms with Crippen LogP contribution >= 0.6 is 23.2 Å². The molecule has 0 aliphatic carbocycles. The molecule has 0 spiro atoms.